The minimum atomic E-state index is 0.00763. The molecule has 0 saturated carbocycles. The molecule has 4 rings (SSSR count). The van der Waals surface area contributed by atoms with Crippen LogP contribution in [0.25, 0.3) is 11.0 Å². The van der Waals surface area contributed by atoms with Gasteiger partial charge in [0, 0.05) is 18.3 Å². The number of nitrogens with zero attached hydrogens (tertiary/aromatic N) is 3. The highest BCUT2D eigenvalue weighted by atomic mass is 16.3. The average molecular weight is 364 g/mol. The van der Waals surface area contributed by atoms with E-state index in [9.17, 15) is 4.79 Å². The normalized spacial score (nSPS) is 16.4. The summed E-state index contributed by atoms with van der Waals surface area (Å²) in [5.41, 5.74) is 3.97. The van der Waals surface area contributed by atoms with Crippen molar-refractivity contribution in [2.75, 3.05) is 23.4 Å². The lowest BCUT2D eigenvalue weighted by molar-refractivity contribution is -0.119. The van der Waals surface area contributed by atoms with Crippen molar-refractivity contribution in [3.63, 3.8) is 0 Å². The number of benzene rings is 2. The van der Waals surface area contributed by atoms with E-state index in [4.69, 9.17) is 5.11 Å². The zero-order chi connectivity index (χ0) is 18.8. The van der Waals surface area contributed by atoms with Gasteiger partial charge < -0.3 is 19.9 Å². The number of para-hydroxylation sites is 3. The number of aliphatic hydroxyl groups excluding tert-OH is 1. The Hall–Kier alpha value is -2.86. The molecule has 0 spiro atoms. The second-order valence-electron chi connectivity index (χ2n) is 6.94. The first-order valence-electron chi connectivity index (χ1n) is 9.39. The summed E-state index contributed by atoms with van der Waals surface area (Å²) < 4.78 is 1.90. The summed E-state index contributed by atoms with van der Waals surface area (Å²) in [4.78, 5) is 19.8. The Morgan fingerprint density at radius 1 is 1.22 bits per heavy atom. The highest BCUT2D eigenvalue weighted by molar-refractivity contribution is 5.96. The van der Waals surface area contributed by atoms with Gasteiger partial charge in [0.2, 0.25) is 11.9 Å². The quantitative estimate of drug-likeness (QED) is 0.730. The minimum Gasteiger partial charge on any atom is -0.395 e. The number of anilines is 2. The Kier molecular flexibility index (Phi) is 4.81. The van der Waals surface area contributed by atoms with Crippen molar-refractivity contribution in [2.45, 2.75) is 32.4 Å². The maximum absolute atomic E-state index is 13.3. The molecular formula is C21H24N4O2. The zero-order valence-corrected chi connectivity index (χ0v) is 15.4. The van der Waals surface area contributed by atoms with Crippen LogP contribution < -0.4 is 10.2 Å². The van der Waals surface area contributed by atoms with E-state index in [1.54, 1.807) is 0 Å². The van der Waals surface area contributed by atoms with Crippen LogP contribution in [0.1, 0.15) is 18.9 Å². The molecule has 0 fully saturated rings. The van der Waals surface area contributed by atoms with E-state index in [0.29, 0.717) is 12.5 Å². The molecule has 2 N–H and O–H groups in total. The van der Waals surface area contributed by atoms with Gasteiger partial charge in [0.25, 0.3) is 0 Å². The number of carbonyl (C=O) groups excluding carboxylic acids is 1. The number of imidazole rings is 1. The van der Waals surface area contributed by atoms with Crippen molar-refractivity contribution in [1.29, 1.82) is 0 Å². The summed E-state index contributed by atoms with van der Waals surface area (Å²) in [6, 6.07) is 16.1. The second kappa shape index (κ2) is 7.40. The van der Waals surface area contributed by atoms with Crippen LogP contribution in [0.4, 0.5) is 11.6 Å². The third-order valence-electron chi connectivity index (χ3n) is 5.13. The van der Waals surface area contributed by atoms with Gasteiger partial charge in [-0.05, 0) is 43.5 Å². The van der Waals surface area contributed by atoms with Crippen LogP contribution in [-0.2, 0) is 17.8 Å². The molecule has 0 bridgehead atoms. The minimum absolute atomic E-state index is 0.00763. The third kappa shape index (κ3) is 3.28. The number of rotatable bonds is 5. The Morgan fingerprint density at radius 3 is 2.85 bits per heavy atom. The third-order valence-corrected chi connectivity index (χ3v) is 5.13. The number of hydrogen-bond donors (Lipinski definition) is 2. The SMILES string of the molecule is CC1CCc2ccccc2N1C(=O)Cn1c(NCCO)nc2ccccc21. The summed E-state index contributed by atoms with van der Waals surface area (Å²) in [7, 11) is 0. The number of aryl methyl sites for hydroxylation is 1. The van der Waals surface area contributed by atoms with Crippen LogP contribution in [0, 0.1) is 0 Å². The molecule has 0 aliphatic carbocycles. The first-order valence-corrected chi connectivity index (χ1v) is 9.39. The van der Waals surface area contributed by atoms with Crippen molar-refractivity contribution in [1.82, 2.24) is 9.55 Å². The lowest BCUT2D eigenvalue weighted by Crippen LogP contribution is -2.43. The molecule has 0 radical (unpaired) electrons. The molecule has 1 aliphatic rings. The first-order chi connectivity index (χ1) is 13.2. The Balaban J connectivity index is 1.69. The number of aliphatic hydroxyl groups is 1. The van der Waals surface area contributed by atoms with Crippen LogP contribution in [0.2, 0.25) is 0 Å². The van der Waals surface area contributed by atoms with Crippen molar-refractivity contribution < 1.29 is 9.90 Å². The van der Waals surface area contributed by atoms with E-state index in [2.05, 4.69) is 23.3 Å². The molecule has 6 nitrogen and oxygen atoms in total. The molecule has 2 aromatic carbocycles. The molecule has 6 heteroatoms. The van der Waals surface area contributed by atoms with Crippen molar-refractivity contribution in [2.24, 2.45) is 0 Å². The van der Waals surface area contributed by atoms with Gasteiger partial charge in [-0.1, -0.05) is 30.3 Å². The van der Waals surface area contributed by atoms with E-state index in [-0.39, 0.29) is 25.1 Å². The van der Waals surface area contributed by atoms with Crippen LogP contribution >= 0.6 is 0 Å². The van der Waals surface area contributed by atoms with E-state index >= 15 is 0 Å². The fraction of sp³-hybridized carbons (Fsp3) is 0.333. The summed E-state index contributed by atoms with van der Waals surface area (Å²) in [6.45, 7) is 2.70. The van der Waals surface area contributed by atoms with Crippen molar-refractivity contribution in [3.8, 4) is 0 Å². The average Bonchev–Trinajstić information content (AvgIpc) is 3.03. The van der Waals surface area contributed by atoms with Gasteiger partial charge in [-0.2, -0.15) is 0 Å². The fourth-order valence-corrected chi connectivity index (χ4v) is 3.82. The number of fused-ring (bicyclic) bond motifs is 2. The molecule has 1 aliphatic heterocycles. The number of carbonyl (C=O) groups is 1. The predicted octanol–water partition coefficient (Wildman–Crippen LogP) is 2.81. The van der Waals surface area contributed by atoms with E-state index < -0.39 is 0 Å². The van der Waals surface area contributed by atoms with Crippen LogP contribution in [-0.4, -0.2) is 39.8 Å². The highest BCUT2D eigenvalue weighted by Gasteiger charge is 2.28. The summed E-state index contributed by atoms with van der Waals surface area (Å²) in [5, 5.41) is 12.3. The van der Waals surface area contributed by atoms with E-state index in [1.165, 1.54) is 5.56 Å². The molecule has 0 saturated heterocycles. The molecule has 1 aromatic heterocycles. The van der Waals surface area contributed by atoms with E-state index in [1.807, 2.05) is 51.9 Å². The molecule has 1 unspecified atom stereocenters. The smallest absolute Gasteiger partial charge is 0.247 e. The lowest BCUT2D eigenvalue weighted by atomic mass is 9.96. The van der Waals surface area contributed by atoms with Crippen molar-refractivity contribution >= 4 is 28.6 Å². The Morgan fingerprint density at radius 2 is 2.00 bits per heavy atom. The molecule has 1 amide bonds. The van der Waals surface area contributed by atoms with Gasteiger partial charge in [0.15, 0.2) is 0 Å². The van der Waals surface area contributed by atoms with Gasteiger partial charge in [0.1, 0.15) is 6.54 Å². The molecule has 3 aromatic rings. The second-order valence-corrected chi connectivity index (χ2v) is 6.94. The van der Waals surface area contributed by atoms with Gasteiger partial charge in [-0.15, -0.1) is 0 Å². The highest BCUT2D eigenvalue weighted by Crippen LogP contribution is 2.31. The van der Waals surface area contributed by atoms with Gasteiger partial charge in [-0.25, -0.2) is 4.98 Å². The van der Waals surface area contributed by atoms with Gasteiger partial charge in [0.05, 0.1) is 17.6 Å². The zero-order valence-electron chi connectivity index (χ0n) is 15.4. The van der Waals surface area contributed by atoms with Gasteiger partial charge >= 0.3 is 0 Å². The Bertz CT molecular complexity index is 966. The van der Waals surface area contributed by atoms with Crippen molar-refractivity contribution in [3.05, 3.63) is 54.1 Å². The summed E-state index contributed by atoms with van der Waals surface area (Å²) in [5.74, 6) is 0.654. The summed E-state index contributed by atoms with van der Waals surface area (Å²) >= 11 is 0. The number of nitrogens with one attached hydrogen (secondary N) is 1. The number of aromatic nitrogens is 2. The molecular weight excluding hydrogens is 340 g/mol. The fourth-order valence-electron chi connectivity index (χ4n) is 3.82. The lowest BCUT2D eigenvalue weighted by Gasteiger charge is -2.35. The van der Waals surface area contributed by atoms with Gasteiger partial charge in [-0.3, -0.25) is 4.79 Å². The monoisotopic (exact) mass is 364 g/mol. The molecule has 27 heavy (non-hydrogen) atoms. The van der Waals surface area contributed by atoms with Crippen LogP contribution in [0.15, 0.2) is 48.5 Å². The van der Waals surface area contributed by atoms with Crippen LogP contribution in [0.5, 0.6) is 0 Å². The first kappa shape index (κ1) is 17.5. The topological polar surface area (TPSA) is 70.4 Å². The van der Waals surface area contributed by atoms with E-state index in [0.717, 1.165) is 29.6 Å². The Labute approximate surface area is 158 Å². The largest absolute Gasteiger partial charge is 0.395 e. The molecule has 140 valence electrons. The van der Waals surface area contributed by atoms with Crippen LogP contribution in [0.3, 0.4) is 0 Å². The number of hydrogen-bond acceptors (Lipinski definition) is 4. The number of amides is 1. The standard InChI is InChI=1S/C21H24N4O2/c1-15-10-11-16-6-2-4-8-18(16)25(15)20(27)14-24-19-9-5-3-7-17(19)23-21(24)22-12-13-26/h2-9,15,26H,10-14H2,1H3,(H,22,23). The molecule has 2 heterocycles. The maximum Gasteiger partial charge on any atom is 0.247 e. The molecule has 1 atom stereocenters. The predicted molar refractivity (Wildman–Crippen MR) is 107 cm³/mol. The maximum atomic E-state index is 13.3. The summed E-state index contributed by atoms with van der Waals surface area (Å²) in [6.07, 6.45) is 1.96.